The van der Waals surface area contributed by atoms with Gasteiger partial charge >= 0.3 is 6.03 Å². The first-order valence-electron chi connectivity index (χ1n) is 9.51. The molecule has 0 saturated carbocycles. The molecule has 2 fully saturated rings. The van der Waals surface area contributed by atoms with E-state index in [0.29, 0.717) is 30.7 Å². The molecule has 0 aromatic carbocycles. The molecule has 3 heterocycles. The Morgan fingerprint density at radius 3 is 3.04 bits per heavy atom. The maximum Gasteiger partial charge on any atom is 0.315 e. The molecule has 144 valence electrons. The minimum Gasteiger partial charge on any atom is -0.354 e. The Morgan fingerprint density at radius 1 is 1.42 bits per heavy atom. The van der Waals surface area contributed by atoms with Crippen LogP contribution in [0.3, 0.4) is 0 Å². The molecule has 3 atom stereocenters. The van der Waals surface area contributed by atoms with Gasteiger partial charge in [-0.3, -0.25) is 9.48 Å². The van der Waals surface area contributed by atoms with Gasteiger partial charge in [-0.2, -0.15) is 16.9 Å². The van der Waals surface area contributed by atoms with Gasteiger partial charge in [0.1, 0.15) is 0 Å². The largest absolute Gasteiger partial charge is 0.354 e. The number of aromatic nitrogens is 2. The van der Waals surface area contributed by atoms with Gasteiger partial charge in [0.25, 0.3) is 0 Å². The van der Waals surface area contributed by atoms with Crippen LogP contribution in [-0.2, 0) is 11.3 Å². The number of hydrogen-bond donors (Lipinski definition) is 3. The standard InChI is InChI=1S/C18H29N5O2S/c1-12(2)13-7-9-23(22-13)10-8-19-16(24)6-4-3-5-15-17-14(11-26-15)20-18(25)21-17/h7,9,12,14-15,17H,3-6,8,10-11H2,1-2H3,(H,19,24)(H2,20,21,25)/t14-,15-,17-/m1/s1. The van der Waals surface area contributed by atoms with Crippen molar-refractivity contribution >= 4 is 23.7 Å². The molecule has 2 aliphatic rings. The molecule has 2 saturated heterocycles. The quantitative estimate of drug-likeness (QED) is 0.451. The third-order valence-electron chi connectivity index (χ3n) is 5.00. The highest BCUT2D eigenvalue weighted by Crippen LogP contribution is 2.33. The van der Waals surface area contributed by atoms with Gasteiger partial charge in [0.15, 0.2) is 0 Å². The molecule has 0 unspecified atom stereocenters. The lowest BCUT2D eigenvalue weighted by molar-refractivity contribution is -0.121. The van der Waals surface area contributed by atoms with Crippen molar-refractivity contribution in [2.75, 3.05) is 12.3 Å². The summed E-state index contributed by atoms with van der Waals surface area (Å²) >= 11 is 1.92. The highest BCUT2D eigenvalue weighted by molar-refractivity contribution is 8.00. The highest BCUT2D eigenvalue weighted by atomic mass is 32.2. The molecule has 1 aromatic heterocycles. The third-order valence-corrected chi connectivity index (χ3v) is 6.51. The van der Waals surface area contributed by atoms with Crippen molar-refractivity contribution in [3.05, 3.63) is 18.0 Å². The number of rotatable bonds is 9. The summed E-state index contributed by atoms with van der Waals surface area (Å²) in [6.07, 6.45) is 5.48. The molecule has 3 rings (SSSR count). The van der Waals surface area contributed by atoms with E-state index in [1.807, 2.05) is 28.7 Å². The van der Waals surface area contributed by atoms with Crippen LogP contribution in [0, 0.1) is 0 Å². The van der Waals surface area contributed by atoms with Gasteiger partial charge in [-0.1, -0.05) is 20.3 Å². The summed E-state index contributed by atoms with van der Waals surface area (Å²) in [4.78, 5) is 23.3. The number of nitrogens with one attached hydrogen (secondary N) is 3. The Bertz CT molecular complexity index is 633. The first-order chi connectivity index (χ1) is 12.5. The second kappa shape index (κ2) is 8.79. The molecule has 2 aliphatic heterocycles. The van der Waals surface area contributed by atoms with Crippen LogP contribution in [0.5, 0.6) is 0 Å². The first kappa shape index (κ1) is 19.1. The smallest absolute Gasteiger partial charge is 0.315 e. The zero-order chi connectivity index (χ0) is 18.5. The summed E-state index contributed by atoms with van der Waals surface area (Å²) in [6, 6.07) is 2.52. The van der Waals surface area contributed by atoms with Gasteiger partial charge in [-0.15, -0.1) is 0 Å². The summed E-state index contributed by atoms with van der Waals surface area (Å²) in [7, 11) is 0. The summed E-state index contributed by atoms with van der Waals surface area (Å²) in [5.41, 5.74) is 1.08. The van der Waals surface area contributed by atoms with Crippen LogP contribution in [0.25, 0.3) is 0 Å². The first-order valence-corrected chi connectivity index (χ1v) is 10.6. The predicted octanol–water partition coefficient (Wildman–Crippen LogP) is 1.85. The highest BCUT2D eigenvalue weighted by Gasteiger charge is 2.42. The molecular weight excluding hydrogens is 350 g/mol. The van der Waals surface area contributed by atoms with Gasteiger partial charge in [0, 0.05) is 30.2 Å². The maximum atomic E-state index is 12.0. The average molecular weight is 380 g/mol. The Hall–Kier alpha value is -1.70. The maximum absolute atomic E-state index is 12.0. The second-order valence-corrected chi connectivity index (χ2v) is 8.65. The lowest BCUT2D eigenvalue weighted by atomic mass is 10.0. The molecule has 26 heavy (non-hydrogen) atoms. The molecule has 3 amide bonds. The number of carbonyl (C=O) groups excluding carboxylic acids is 2. The number of nitrogens with zero attached hydrogens (tertiary/aromatic N) is 2. The minimum absolute atomic E-state index is 0.0395. The number of carbonyl (C=O) groups is 2. The molecule has 0 radical (unpaired) electrons. The summed E-state index contributed by atoms with van der Waals surface area (Å²) in [6.45, 7) is 5.55. The van der Waals surface area contributed by atoms with Crippen LogP contribution < -0.4 is 16.0 Å². The van der Waals surface area contributed by atoms with Gasteiger partial charge in [0.2, 0.25) is 5.91 Å². The van der Waals surface area contributed by atoms with Crippen molar-refractivity contribution in [1.29, 1.82) is 0 Å². The zero-order valence-electron chi connectivity index (χ0n) is 15.5. The van der Waals surface area contributed by atoms with E-state index in [2.05, 4.69) is 34.9 Å². The van der Waals surface area contributed by atoms with Gasteiger partial charge < -0.3 is 16.0 Å². The number of thioether (sulfide) groups is 1. The van der Waals surface area contributed by atoms with Crippen LogP contribution in [0.2, 0.25) is 0 Å². The Kier molecular flexibility index (Phi) is 6.45. The van der Waals surface area contributed by atoms with E-state index in [9.17, 15) is 9.59 Å². The van der Waals surface area contributed by atoms with Gasteiger partial charge in [-0.25, -0.2) is 4.79 Å². The van der Waals surface area contributed by atoms with Crippen molar-refractivity contribution in [3.8, 4) is 0 Å². The van der Waals surface area contributed by atoms with Gasteiger partial charge in [0.05, 0.1) is 24.3 Å². The minimum atomic E-state index is -0.0395. The summed E-state index contributed by atoms with van der Waals surface area (Å²) in [5, 5.41) is 13.9. The van der Waals surface area contributed by atoms with Crippen LogP contribution in [-0.4, -0.2) is 51.4 Å². The van der Waals surface area contributed by atoms with Gasteiger partial charge in [-0.05, 0) is 24.8 Å². The third kappa shape index (κ3) is 4.93. The fourth-order valence-electron chi connectivity index (χ4n) is 3.48. The fourth-order valence-corrected chi connectivity index (χ4v) is 5.03. The number of unbranched alkanes of at least 4 members (excludes halogenated alkanes) is 1. The van der Waals surface area contributed by atoms with Crippen molar-refractivity contribution in [3.63, 3.8) is 0 Å². The lowest BCUT2D eigenvalue weighted by Crippen LogP contribution is -2.36. The van der Waals surface area contributed by atoms with Crippen molar-refractivity contribution < 1.29 is 9.59 Å². The van der Waals surface area contributed by atoms with Crippen LogP contribution in [0.1, 0.15) is 51.1 Å². The van der Waals surface area contributed by atoms with Crippen LogP contribution >= 0.6 is 11.8 Å². The van der Waals surface area contributed by atoms with Crippen molar-refractivity contribution in [1.82, 2.24) is 25.7 Å². The Labute approximate surface area is 159 Å². The molecule has 0 aliphatic carbocycles. The number of urea groups is 1. The molecule has 0 bridgehead atoms. The summed E-state index contributed by atoms with van der Waals surface area (Å²) < 4.78 is 1.88. The number of fused-ring (bicyclic) bond motifs is 1. The van der Waals surface area contributed by atoms with Crippen LogP contribution in [0.15, 0.2) is 12.3 Å². The lowest BCUT2D eigenvalue weighted by Gasteiger charge is -2.16. The van der Waals surface area contributed by atoms with Crippen molar-refractivity contribution in [2.45, 2.75) is 69.3 Å². The fraction of sp³-hybridized carbons (Fsp3) is 0.722. The van der Waals surface area contributed by atoms with E-state index in [1.54, 1.807) is 0 Å². The van der Waals surface area contributed by atoms with E-state index >= 15 is 0 Å². The normalized spacial score (nSPS) is 24.4. The second-order valence-electron chi connectivity index (χ2n) is 7.38. The molecular formula is C18H29N5O2S. The Balaban J connectivity index is 1.26. The molecule has 3 N–H and O–H groups in total. The molecule has 8 heteroatoms. The monoisotopic (exact) mass is 379 g/mol. The van der Waals surface area contributed by atoms with E-state index in [-0.39, 0.29) is 24.0 Å². The topological polar surface area (TPSA) is 88.0 Å². The predicted molar refractivity (Wildman–Crippen MR) is 103 cm³/mol. The molecule has 1 aromatic rings. The van der Waals surface area contributed by atoms with E-state index in [1.165, 1.54) is 0 Å². The van der Waals surface area contributed by atoms with E-state index < -0.39 is 0 Å². The van der Waals surface area contributed by atoms with E-state index in [4.69, 9.17) is 0 Å². The van der Waals surface area contributed by atoms with E-state index in [0.717, 1.165) is 30.7 Å². The summed E-state index contributed by atoms with van der Waals surface area (Å²) in [5.74, 6) is 1.52. The molecule has 7 nitrogen and oxygen atoms in total. The average Bonchev–Trinajstić information content (AvgIpc) is 3.28. The number of amides is 3. The SMILES string of the molecule is CC(C)c1ccn(CCNC(=O)CCCC[C@H]2SC[C@H]3NC(=O)N[C@H]32)n1. The van der Waals surface area contributed by atoms with Crippen molar-refractivity contribution in [2.24, 2.45) is 0 Å². The molecule has 0 spiro atoms. The number of hydrogen-bond acceptors (Lipinski definition) is 4. The zero-order valence-corrected chi connectivity index (χ0v) is 16.3. The van der Waals surface area contributed by atoms with Crippen LogP contribution in [0.4, 0.5) is 4.79 Å². The Morgan fingerprint density at radius 2 is 2.27 bits per heavy atom.